The number of ether oxygens (including phenoxy) is 1. The lowest BCUT2D eigenvalue weighted by molar-refractivity contribution is -0.154. The molecule has 9 heteroatoms. The number of allylic oxidation sites excluding steroid dienone is 2. The van der Waals surface area contributed by atoms with Gasteiger partial charge in [-0.05, 0) is 78.9 Å². The topological polar surface area (TPSA) is 101 Å². The summed E-state index contributed by atoms with van der Waals surface area (Å²) in [7, 11) is 0. The molecule has 3 aliphatic rings. The molecule has 3 amide bonds. The first-order chi connectivity index (χ1) is 19.3. The highest BCUT2D eigenvalue weighted by Gasteiger charge is 2.61. The van der Waals surface area contributed by atoms with Crippen molar-refractivity contribution in [2.45, 2.75) is 6.42 Å². The number of halogens is 1. The van der Waals surface area contributed by atoms with Gasteiger partial charge in [-0.3, -0.25) is 19.2 Å². The standard InChI is InChI=1S/C31H23ClN2O6/c32-23-12-8-19(9-13-23)28(36)33(34-29(37)26-21-6-7-22(16-21)27(26)30(34)38)17-25(35)18-10-14-24(15-11-18)40-31(39)20-4-2-1-3-5-20/h1-15,21-22,26-27H,16-17H2/t21-,22-,26+,27+/m0/s1. The van der Waals surface area contributed by atoms with E-state index in [-0.39, 0.29) is 28.7 Å². The van der Waals surface area contributed by atoms with Crippen LogP contribution in [0.15, 0.2) is 91.0 Å². The Labute approximate surface area is 234 Å². The number of hydrogen-bond donors (Lipinski definition) is 0. The van der Waals surface area contributed by atoms with Gasteiger partial charge in [-0.2, -0.15) is 5.01 Å². The molecule has 0 N–H and O–H groups in total. The van der Waals surface area contributed by atoms with Gasteiger partial charge in [-0.1, -0.05) is 42.0 Å². The Kier molecular flexibility index (Phi) is 6.56. The van der Waals surface area contributed by atoms with Gasteiger partial charge in [-0.25, -0.2) is 9.80 Å². The molecule has 3 aromatic carbocycles. The number of hydrogen-bond acceptors (Lipinski definition) is 6. The fraction of sp³-hybridized carbons (Fsp3) is 0.194. The third-order valence-corrected chi connectivity index (χ3v) is 7.96. The monoisotopic (exact) mass is 554 g/mol. The number of benzene rings is 3. The van der Waals surface area contributed by atoms with Crippen molar-refractivity contribution >= 4 is 41.1 Å². The number of rotatable bonds is 7. The summed E-state index contributed by atoms with van der Waals surface area (Å²) in [5, 5.41) is 2.22. The van der Waals surface area contributed by atoms with Crippen molar-refractivity contribution in [1.29, 1.82) is 0 Å². The van der Waals surface area contributed by atoms with Crippen LogP contribution in [0, 0.1) is 23.7 Å². The summed E-state index contributed by atoms with van der Waals surface area (Å²) in [6.07, 6.45) is 4.66. The normalized spacial score (nSPS) is 22.4. The van der Waals surface area contributed by atoms with Crippen molar-refractivity contribution in [2.75, 3.05) is 6.54 Å². The summed E-state index contributed by atoms with van der Waals surface area (Å²) >= 11 is 5.98. The van der Waals surface area contributed by atoms with Crippen LogP contribution in [0.3, 0.4) is 0 Å². The van der Waals surface area contributed by atoms with E-state index in [0.29, 0.717) is 10.6 Å². The summed E-state index contributed by atoms with van der Waals surface area (Å²) in [5.74, 6) is -3.57. The van der Waals surface area contributed by atoms with Crippen LogP contribution in [0.4, 0.5) is 0 Å². The minimum atomic E-state index is -0.666. The van der Waals surface area contributed by atoms with Gasteiger partial charge in [0.1, 0.15) is 12.3 Å². The molecule has 4 atom stereocenters. The molecule has 40 heavy (non-hydrogen) atoms. The minimum absolute atomic E-state index is 0.0502. The fourth-order valence-electron chi connectivity index (χ4n) is 5.78. The van der Waals surface area contributed by atoms with Crippen LogP contribution in [0.1, 0.15) is 37.5 Å². The third-order valence-electron chi connectivity index (χ3n) is 7.70. The van der Waals surface area contributed by atoms with Gasteiger partial charge in [0, 0.05) is 16.1 Å². The first-order valence-electron chi connectivity index (χ1n) is 12.9. The number of imide groups is 1. The summed E-state index contributed by atoms with van der Waals surface area (Å²) < 4.78 is 5.37. The van der Waals surface area contributed by atoms with Gasteiger partial charge in [0.25, 0.3) is 17.7 Å². The molecule has 6 rings (SSSR count). The number of fused-ring (bicyclic) bond motifs is 5. The van der Waals surface area contributed by atoms with Crippen molar-refractivity contribution in [2.24, 2.45) is 23.7 Å². The summed E-state index contributed by atoms with van der Waals surface area (Å²) in [5.41, 5.74) is 0.779. The highest BCUT2D eigenvalue weighted by molar-refractivity contribution is 6.30. The van der Waals surface area contributed by atoms with E-state index in [9.17, 15) is 24.0 Å². The highest BCUT2D eigenvalue weighted by atomic mass is 35.5. The summed E-state index contributed by atoms with van der Waals surface area (Å²) in [6, 6.07) is 20.4. The first kappa shape index (κ1) is 25.7. The third kappa shape index (κ3) is 4.50. The van der Waals surface area contributed by atoms with Gasteiger partial charge in [0.05, 0.1) is 17.4 Å². The van der Waals surface area contributed by atoms with E-state index in [1.165, 1.54) is 48.5 Å². The van der Waals surface area contributed by atoms with E-state index in [1.54, 1.807) is 30.3 Å². The van der Waals surface area contributed by atoms with E-state index in [1.807, 2.05) is 12.2 Å². The maximum absolute atomic E-state index is 13.6. The molecule has 1 saturated carbocycles. The molecule has 200 valence electrons. The van der Waals surface area contributed by atoms with Gasteiger partial charge in [-0.15, -0.1) is 0 Å². The number of amides is 3. The van der Waals surface area contributed by atoms with Crippen LogP contribution in [-0.2, 0) is 9.59 Å². The van der Waals surface area contributed by atoms with Crippen molar-refractivity contribution < 1.29 is 28.7 Å². The highest BCUT2D eigenvalue weighted by Crippen LogP contribution is 2.52. The van der Waals surface area contributed by atoms with Crippen LogP contribution in [0.2, 0.25) is 5.02 Å². The molecule has 2 fully saturated rings. The molecule has 0 spiro atoms. The number of carbonyl (C=O) groups is 5. The van der Waals surface area contributed by atoms with Crippen LogP contribution in [-0.4, -0.2) is 46.0 Å². The molecule has 1 heterocycles. The first-order valence-corrected chi connectivity index (χ1v) is 13.2. The Morgan fingerprint density at radius 2 is 1.35 bits per heavy atom. The van der Waals surface area contributed by atoms with E-state index in [4.69, 9.17) is 16.3 Å². The molecule has 2 aliphatic carbocycles. The Hall–Kier alpha value is -4.56. The second-order valence-corrected chi connectivity index (χ2v) is 10.5. The van der Waals surface area contributed by atoms with Gasteiger partial charge in [0.2, 0.25) is 0 Å². The molecule has 8 nitrogen and oxygen atoms in total. The molecule has 1 aliphatic heterocycles. The number of nitrogens with zero attached hydrogens (tertiary/aromatic N) is 2. The average molecular weight is 555 g/mol. The second-order valence-electron chi connectivity index (χ2n) is 10.1. The van der Waals surface area contributed by atoms with E-state index in [2.05, 4.69) is 0 Å². The zero-order valence-electron chi connectivity index (χ0n) is 21.1. The largest absolute Gasteiger partial charge is 0.423 e. The summed E-state index contributed by atoms with van der Waals surface area (Å²) in [4.78, 5) is 66.3. The predicted molar refractivity (Wildman–Crippen MR) is 144 cm³/mol. The maximum atomic E-state index is 13.6. The molecular formula is C31H23ClN2O6. The molecule has 0 radical (unpaired) electrons. The van der Waals surface area contributed by atoms with Crippen LogP contribution < -0.4 is 4.74 Å². The molecule has 1 saturated heterocycles. The molecule has 3 aromatic rings. The zero-order chi connectivity index (χ0) is 28.0. The maximum Gasteiger partial charge on any atom is 0.343 e. The SMILES string of the molecule is O=C(CN(C(=O)c1ccc(Cl)cc1)N1C(=O)[C@H]2[C@H](C1=O)[C@H]1C=C[C@H]2C1)c1ccc(OC(=O)c2ccccc2)cc1. The number of ketones is 1. The lowest BCUT2D eigenvalue weighted by Crippen LogP contribution is -2.52. The van der Waals surface area contributed by atoms with Crippen molar-refractivity contribution in [1.82, 2.24) is 10.0 Å². The molecule has 0 aromatic heterocycles. The number of hydrazine groups is 1. The number of Topliss-reactive ketones (excluding diaryl/α,β-unsaturated/α-hetero) is 1. The fourth-order valence-corrected chi connectivity index (χ4v) is 5.90. The van der Waals surface area contributed by atoms with Gasteiger partial charge in [0.15, 0.2) is 5.78 Å². The van der Waals surface area contributed by atoms with Crippen LogP contribution in [0.25, 0.3) is 0 Å². The van der Waals surface area contributed by atoms with E-state index in [0.717, 1.165) is 16.4 Å². The minimum Gasteiger partial charge on any atom is -0.423 e. The Morgan fingerprint density at radius 1 is 0.775 bits per heavy atom. The van der Waals surface area contributed by atoms with Crippen LogP contribution in [0.5, 0.6) is 5.75 Å². The van der Waals surface area contributed by atoms with Crippen molar-refractivity contribution in [3.05, 3.63) is 113 Å². The lowest BCUT2D eigenvalue weighted by atomic mass is 9.85. The Balaban J connectivity index is 1.24. The smallest absolute Gasteiger partial charge is 0.343 e. The predicted octanol–water partition coefficient (Wildman–Crippen LogP) is 4.61. The molecular weight excluding hydrogens is 532 g/mol. The van der Waals surface area contributed by atoms with Crippen molar-refractivity contribution in [3.63, 3.8) is 0 Å². The average Bonchev–Trinajstić information content (AvgIpc) is 3.66. The molecule has 2 bridgehead atoms. The summed E-state index contributed by atoms with van der Waals surface area (Å²) in [6.45, 7) is -0.537. The number of carbonyl (C=O) groups excluding carboxylic acids is 5. The second kappa shape index (κ2) is 10.2. The van der Waals surface area contributed by atoms with E-state index < -0.39 is 47.9 Å². The quantitative estimate of drug-likeness (QED) is 0.139. The van der Waals surface area contributed by atoms with Crippen molar-refractivity contribution in [3.8, 4) is 5.75 Å². The van der Waals surface area contributed by atoms with Gasteiger partial charge >= 0.3 is 5.97 Å². The van der Waals surface area contributed by atoms with Crippen LogP contribution >= 0.6 is 11.6 Å². The Morgan fingerprint density at radius 3 is 1.95 bits per heavy atom. The molecule has 0 unspecified atom stereocenters. The zero-order valence-corrected chi connectivity index (χ0v) is 21.9. The Bertz CT molecular complexity index is 1520. The lowest BCUT2D eigenvalue weighted by Gasteiger charge is -2.30. The van der Waals surface area contributed by atoms with Gasteiger partial charge < -0.3 is 4.74 Å². The van der Waals surface area contributed by atoms with E-state index >= 15 is 0 Å². The number of esters is 1.